The number of nitrogen functional groups attached to an aromatic ring is 1. The number of amides is 1. The molecular weight excluding hydrogens is 280 g/mol. The van der Waals surface area contributed by atoms with Crippen molar-refractivity contribution in [3.05, 3.63) is 52.2 Å². The minimum absolute atomic E-state index is 0.136. The lowest BCUT2D eigenvalue weighted by Gasteiger charge is -2.09. The quantitative estimate of drug-likeness (QED) is 0.836. The third-order valence-corrected chi connectivity index (χ3v) is 2.90. The highest BCUT2D eigenvalue weighted by Gasteiger charge is 2.06. The van der Waals surface area contributed by atoms with Gasteiger partial charge in [-0.2, -0.15) is 0 Å². The lowest BCUT2D eigenvalue weighted by atomic mass is 10.2. The van der Waals surface area contributed by atoms with Crippen molar-refractivity contribution in [2.24, 2.45) is 0 Å². The summed E-state index contributed by atoms with van der Waals surface area (Å²) in [5, 5.41) is 3.14. The maximum absolute atomic E-state index is 11.8. The Hall–Kier alpha value is -2.34. The Labute approximate surface area is 120 Å². The number of nitrogens with two attached hydrogens (primary N) is 1. The molecule has 0 aliphatic rings. The Balaban J connectivity index is 1.98. The molecule has 2 aromatic rings. The lowest BCUT2D eigenvalue weighted by Crippen LogP contribution is -2.22. The number of benzene rings is 1. The topological polar surface area (TPSA) is 90.0 Å². The number of hydrogen-bond acceptors (Lipinski definition) is 4. The molecule has 7 heteroatoms. The fourth-order valence-corrected chi connectivity index (χ4v) is 1.79. The zero-order chi connectivity index (χ0) is 14.5. The lowest BCUT2D eigenvalue weighted by molar-refractivity contribution is -0.116. The van der Waals surface area contributed by atoms with Crippen LogP contribution >= 0.6 is 11.6 Å². The van der Waals surface area contributed by atoms with Gasteiger partial charge in [-0.25, -0.2) is 4.98 Å². The van der Waals surface area contributed by atoms with Gasteiger partial charge in [-0.3, -0.25) is 14.2 Å². The summed E-state index contributed by atoms with van der Waals surface area (Å²) in [6.45, 7) is 0.249. The summed E-state index contributed by atoms with van der Waals surface area (Å²) in [4.78, 5) is 27.1. The molecule has 0 unspecified atom stereocenters. The molecular formula is C13H13ClN4O2. The summed E-state index contributed by atoms with van der Waals surface area (Å²) in [5.74, 6) is -0.255. The molecule has 0 spiro atoms. The first-order valence-electron chi connectivity index (χ1n) is 5.91. The third-order valence-electron chi connectivity index (χ3n) is 2.66. The van der Waals surface area contributed by atoms with Crippen LogP contribution in [0.25, 0.3) is 0 Å². The SMILES string of the molecule is Nc1ccc(Cl)cc1NC(=O)CCn1cnccc1=O. The van der Waals surface area contributed by atoms with E-state index < -0.39 is 0 Å². The van der Waals surface area contributed by atoms with Gasteiger partial charge in [0.15, 0.2) is 0 Å². The van der Waals surface area contributed by atoms with Gasteiger partial charge in [-0.15, -0.1) is 0 Å². The Morgan fingerprint density at radius 1 is 1.40 bits per heavy atom. The molecule has 6 nitrogen and oxygen atoms in total. The number of anilines is 2. The summed E-state index contributed by atoms with van der Waals surface area (Å²) in [5.41, 5.74) is 6.42. The molecule has 1 heterocycles. The molecule has 0 fully saturated rings. The number of halogens is 1. The molecule has 3 N–H and O–H groups in total. The van der Waals surface area contributed by atoms with Crippen LogP contribution in [0, 0.1) is 0 Å². The zero-order valence-electron chi connectivity index (χ0n) is 10.5. The van der Waals surface area contributed by atoms with Crippen molar-refractivity contribution in [2.75, 3.05) is 11.1 Å². The second-order valence-electron chi connectivity index (χ2n) is 4.14. The van der Waals surface area contributed by atoms with E-state index in [1.165, 1.54) is 23.2 Å². The first-order chi connectivity index (χ1) is 9.56. The Kier molecular flexibility index (Phi) is 4.37. The fraction of sp³-hybridized carbons (Fsp3) is 0.154. The number of hydrogen-bond donors (Lipinski definition) is 2. The van der Waals surface area contributed by atoms with Crippen LogP contribution < -0.4 is 16.6 Å². The van der Waals surface area contributed by atoms with E-state index in [-0.39, 0.29) is 24.4 Å². The Morgan fingerprint density at radius 2 is 2.20 bits per heavy atom. The summed E-state index contributed by atoms with van der Waals surface area (Å²) in [6, 6.07) is 6.17. The second-order valence-corrected chi connectivity index (χ2v) is 4.58. The van der Waals surface area contributed by atoms with E-state index in [9.17, 15) is 9.59 Å². The summed E-state index contributed by atoms with van der Waals surface area (Å²) < 4.78 is 1.36. The van der Waals surface area contributed by atoms with Crippen molar-refractivity contribution in [3.63, 3.8) is 0 Å². The summed E-state index contributed by atoms with van der Waals surface area (Å²) in [6.07, 6.45) is 2.94. The number of carbonyl (C=O) groups is 1. The minimum Gasteiger partial charge on any atom is -0.397 e. The molecule has 0 saturated heterocycles. The second kappa shape index (κ2) is 6.21. The van der Waals surface area contributed by atoms with Gasteiger partial charge >= 0.3 is 0 Å². The third kappa shape index (κ3) is 3.58. The van der Waals surface area contributed by atoms with Crippen LogP contribution in [-0.4, -0.2) is 15.5 Å². The molecule has 104 valence electrons. The minimum atomic E-state index is -0.255. The number of nitrogens with zero attached hydrogens (tertiary/aromatic N) is 2. The van der Waals surface area contributed by atoms with E-state index in [1.807, 2.05) is 0 Å². The van der Waals surface area contributed by atoms with E-state index in [0.717, 1.165) is 0 Å². The van der Waals surface area contributed by atoms with Crippen molar-refractivity contribution in [1.82, 2.24) is 9.55 Å². The zero-order valence-corrected chi connectivity index (χ0v) is 11.3. The highest BCUT2D eigenvalue weighted by atomic mass is 35.5. The van der Waals surface area contributed by atoms with Gasteiger partial charge in [-0.05, 0) is 18.2 Å². The van der Waals surface area contributed by atoms with Crippen LogP contribution in [0.1, 0.15) is 6.42 Å². The Bertz CT molecular complexity index is 684. The van der Waals surface area contributed by atoms with Crippen LogP contribution in [-0.2, 0) is 11.3 Å². The van der Waals surface area contributed by atoms with Gasteiger partial charge < -0.3 is 11.1 Å². The number of rotatable bonds is 4. The standard InChI is InChI=1S/C13H13ClN4O2/c14-9-1-2-10(15)11(7-9)17-12(19)4-6-18-8-16-5-3-13(18)20/h1-3,5,7-8H,4,6,15H2,(H,17,19). The Morgan fingerprint density at radius 3 is 2.95 bits per heavy atom. The average Bonchev–Trinajstić information content (AvgIpc) is 2.42. The van der Waals surface area contributed by atoms with Gasteiger partial charge in [0, 0.05) is 30.3 Å². The largest absolute Gasteiger partial charge is 0.397 e. The van der Waals surface area contributed by atoms with Crippen molar-refractivity contribution in [3.8, 4) is 0 Å². The molecule has 0 aliphatic carbocycles. The molecule has 0 atom stereocenters. The van der Waals surface area contributed by atoms with Gasteiger partial charge in [0.1, 0.15) is 0 Å². The van der Waals surface area contributed by atoms with E-state index in [2.05, 4.69) is 10.3 Å². The molecule has 0 aliphatic heterocycles. The van der Waals surface area contributed by atoms with Gasteiger partial charge in [0.25, 0.3) is 5.56 Å². The van der Waals surface area contributed by atoms with Crippen molar-refractivity contribution >= 4 is 28.9 Å². The van der Waals surface area contributed by atoms with Crippen molar-refractivity contribution in [2.45, 2.75) is 13.0 Å². The fourth-order valence-electron chi connectivity index (χ4n) is 1.62. The van der Waals surface area contributed by atoms with Crippen LogP contribution in [0.5, 0.6) is 0 Å². The van der Waals surface area contributed by atoms with Crippen molar-refractivity contribution < 1.29 is 4.79 Å². The summed E-state index contributed by atoms with van der Waals surface area (Å²) >= 11 is 5.83. The highest BCUT2D eigenvalue weighted by Crippen LogP contribution is 2.22. The predicted octanol–water partition coefficient (Wildman–Crippen LogP) is 1.51. The molecule has 1 amide bonds. The van der Waals surface area contributed by atoms with Gasteiger partial charge in [-0.1, -0.05) is 11.6 Å². The van der Waals surface area contributed by atoms with Crippen molar-refractivity contribution in [1.29, 1.82) is 0 Å². The molecule has 0 bridgehead atoms. The normalized spacial score (nSPS) is 10.2. The van der Waals surface area contributed by atoms with Crippen LogP contribution in [0.3, 0.4) is 0 Å². The van der Waals surface area contributed by atoms with Crippen LogP contribution in [0.4, 0.5) is 11.4 Å². The number of carbonyl (C=O) groups excluding carboxylic acids is 1. The molecule has 2 rings (SSSR count). The van der Waals surface area contributed by atoms with Crippen LogP contribution in [0.15, 0.2) is 41.6 Å². The van der Waals surface area contributed by atoms with E-state index in [0.29, 0.717) is 16.4 Å². The molecule has 1 aromatic heterocycles. The molecule has 20 heavy (non-hydrogen) atoms. The van der Waals surface area contributed by atoms with E-state index >= 15 is 0 Å². The van der Waals surface area contributed by atoms with E-state index in [1.54, 1.807) is 18.2 Å². The maximum Gasteiger partial charge on any atom is 0.253 e. The molecule has 0 saturated carbocycles. The first-order valence-corrected chi connectivity index (χ1v) is 6.29. The number of nitrogens with one attached hydrogen (secondary N) is 1. The molecule has 1 aromatic carbocycles. The summed E-state index contributed by atoms with van der Waals surface area (Å²) in [7, 11) is 0. The average molecular weight is 293 g/mol. The smallest absolute Gasteiger partial charge is 0.253 e. The maximum atomic E-state index is 11.8. The molecule has 0 radical (unpaired) electrons. The van der Waals surface area contributed by atoms with Crippen LogP contribution in [0.2, 0.25) is 5.02 Å². The monoisotopic (exact) mass is 292 g/mol. The first kappa shape index (κ1) is 14.1. The highest BCUT2D eigenvalue weighted by molar-refractivity contribution is 6.31. The van der Waals surface area contributed by atoms with E-state index in [4.69, 9.17) is 17.3 Å². The predicted molar refractivity (Wildman–Crippen MR) is 77.6 cm³/mol. The van der Waals surface area contributed by atoms with Gasteiger partial charge in [0.2, 0.25) is 5.91 Å². The number of aryl methyl sites for hydroxylation is 1. The number of aromatic nitrogens is 2. The van der Waals surface area contributed by atoms with Gasteiger partial charge in [0.05, 0.1) is 17.7 Å².